The van der Waals surface area contributed by atoms with Crippen LogP contribution < -0.4 is 5.32 Å². The number of hydrogen-bond acceptors (Lipinski definition) is 3. The molecule has 2 nitrogen and oxygen atoms in total. The Hall–Kier alpha value is -0.410. The van der Waals surface area contributed by atoms with Crippen molar-refractivity contribution in [3.05, 3.63) is 15.6 Å². The third kappa shape index (κ3) is 2.73. The Balaban J connectivity index is 1.76. The van der Waals surface area contributed by atoms with Crippen molar-refractivity contribution in [3.63, 3.8) is 0 Å². The van der Waals surface area contributed by atoms with Crippen molar-refractivity contribution in [1.82, 2.24) is 10.3 Å². The lowest BCUT2D eigenvalue weighted by Gasteiger charge is -2.22. The van der Waals surface area contributed by atoms with Crippen LogP contribution in [0.3, 0.4) is 0 Å². The maximum atomic E-state index is 5.05. The number of nitrogens with one attached hydrogen (secondary N) is 1. The Bertz CT molecular complexity index is 461. The minimum atomic E-state index is 0.506. The average Bonchev–Trinajstić information content (AvgIpc) is 2.81. The van der Waals surface area contributed by atoms with E-state index in [1.54, 1.807) is 4.88 Å². The van der Waals surface area contributed by atoms with Gasteiger partial charge in [0, 0.05) is 29.3 Å². The molecule has 2 unspecified atom stereocenters. The SMILES string of the molecule is CC(C)NCC1CCCc2sc(C3CC3(C)C)nc21. The number of hydrogen-bond donors (Lipinski definition) is 1. The van der Waals surface area contributed by atoms with Gasteiger partial charge < -0.3 is 5.32 Å². The van der Waals surface area contributed by atoms with E-state index in [4.69, 9.17) is 4.98 Å². The molecule has 0 bridgehead atoms. The van der Waals surface area contributed by atoms with Crippen LogP contribution in [0.15, 0.2) is 0 Å². The zero-order valence-corrected chi connectivity index (χ0v) is 13.4. The molecule has 19 heavy (non-hydrogen) atoms. The van der Waals surface area contributed by atoms with Gasteiger partial charge in [0.05, 0.1) is 10.7 Å². The van der Waals surface area contributed by atoms with Crippen LogP contribution in [0.5, 0.6) is 0 Å². The van der Waals surface area contributed by atoms with Gasteiger partial charge in [-0.2, -0.15) is 0 Å². The summed E-state index contributed by atoms with van der Waals surface area (Å²) in [4.78, 5) is 6.63. The maximum absolute atomic E-state index is 5.05. The van der Waals surface area contributed by atoms with Gasteiger partial charge in [-0.25, -0.2) is 4.98 Å². The molecule has 0 aliphatic heterocycles. The van der Waals surface area contributed by atoms with Crippen LogP contribution in [0.25, 0.3) is 0 Å². The number of nitrogens with zero attached hydrogens (tertiary/aromatic N) is 1. The molecule has 0 spiro atoms. The fourth-order valence-electron chi connectivity index (χ4n) is 3.14. The third-order valence-electron chi connectivity index (χ3n) is 4.67. The molecule has 0 radical (unpaired) electrons. The van der Waals surface area contributed by atoms with E-state index in [0.29, 0.717) is 17.4 Å². The Labute approximate surface area is 121 Å². The first-order chi connectivity index (χ1) is 8.97. The van der Waals surface area contributed by atoms with Crippen molar-refractivity contribution in [1.29, 1.82) is 0 Å². The van der Waals surface area contributed by atoms with Crippen LogP contribution in [-0.2, 0) is 6.42 Å². The average molecular weight is 278 g/mol. The normalized spacial score (nSPS) is 28.5. The smallest absolute Gasteiger partial charge is 0.0967 e. The summed E-state index contributed by atoms with van der Waals surface area (Å²) in [5.41, 5.74) is 1.94. The summed E-state index contributed by atoms with van der Waals surface area (Å²) < 4.78 is 0. The first kappa shape index (κ1) is 13.6. The largest absolute Gasteiger partial charge is 0.314 e. The second kappa shape index (κ2) is 4.85. The highest BCUT2D eigenvalue weighted by Gasteiger charge is 2.48. The van der Waals surface area contributed by atoms with E-state index >= 15 is 0 Å². The van der Waals surface area contributed by atoms with Gasteiger partial charge in [-0.15, -0.1) is 11.3 Å². The second-order valence-corrected chi connectivity index (χ2v) is 8.37. The van der Waals surface area contributed by atoms with Crippen LogP contribution in [0.1, 0.15) is 74.4 Å². The highest BCUT2D eigenvalue weighted by molar-refractivity contribution is 7.11. The molecule has 1 aromatic heterocycles. The number of thiazole rings is 1. The highest BCUT2D eigenvalue weighted by Crippen LogP contribution is 2.59. The maximum Gasteiger partial charge on any atom is 0.0967 e. The molecule has 3 rings (SSSR count). The van der Waals surface area contributed by atoms with Gasteiger partial charge in [-0.3, -0.25) is 0 Å². The summed E-state index contributed by atoms with van der Waals surface area (Å²) in [6, 6.07) is 0.575. The molecule has 2 aliphatic rings. The lowest BCUT2D eigenvalue weighted by molar-refractivity contribution is 0.474. The number of rotatable bonds is 4. The Morgan fingerprint density at radius 1 is 1.42 bits per heavy atom. The molecule has 1 heterocycles. The van der Waals surface area contributed by atoms with Crippen molar-refractivity contribution in [2.45, 2.75) is 71.3 Å². The van der Waals surface area contributed by atoms with Gasteiger partial charge in [0.15, 0.2) is 0 Å². The highest BCUT2D eigenvalue weighted by atomic mass is 32.1. The lowest BCUT2D eigenvalue weighted by Crippen LogP contribution is -2.29. The minimum Gasteiger partial charge on any atom is -0.314 e. The van der Waals surface area contributed by atoms with Gasteiger partial charge >= 0.3 is 0 Å². The first-order valence-corrected chi connectivity index (χ1v) is 8.52. The number of aromatic nitrogens is 1. The fraction of sp³-hybridized carbons (Fsp3) is 0.812. The molecule has 2 atom stereocenters. The summed E-state index contributed by atoms with van der Waals surface area (Å²) in [6.45, 7) is 10.3. The van der Waals surface area contributed by atoms with E-state index in [-0.39, 0.29) is 0 Å². The Morgan fingerprint density at radius 3 is 2.79 bits per heavy atom. The summed E-state index contributed by atoms with van der Waals surface area (Å²) in [5.74, 6) is 1.39. The summed E-state index contributed by atoms with van der Waals surface area (Å²) >= 11 is 2.01. The molecule has 1 aromatic rings. The third-order valence-corrected chi connectivity index (χ3v) is 5.92. The summed E-state index contributed by atoms with van der Waals surface area (Å²) in [6.07, 6.45) is 5.24. The van der Waals surface area contributed by atoms with Crippen LogP contribution in [0.4, 0.5) is 0 Å². The molecule has 0 aromatic carbocycles. The topological polar surface area (TPSA) is 24.9 Å². The second-order valence-electron chi connectivity index (χ2n) is 7.26. The fourth-order valence-corrected chi connectivity index (χ4v) is 4.65. The Kier molecular flexibility index (Phi) is 3.46. The van der Waals surface area contributed by atoms with Gasteiger partial charge in [0.2, 0.25) is 0 Å². The van der Waals surface area contributed by atoms with Crippen LogP contribution in [0, 0.1) is 5.41 Å². The predicted octanol–water partition coefficient (Wildman–Crippen LogP) is 4.07. The molecule has 2 aliphatic carbocycles. The van der Waals surface area contributed by atoms with E-state index in [0.717, 1.165) is 12.5 Å². The van der Waals surface area contributed by atoms with E-state index in [9.17, 15) is 0 Å². The predicted molar refractivity (Wildman–Crippen MR) is 82.1 cm³/mol. The van der Waals surface area contributed by atoms with Crippen LogP contribution in [0.2, 0.25) is 0 Å². The summed E-state index contributed by atoms with van der Waals surface area (Å²) in [7, 11) is 0. The van der Waals surface area contributed by atoms with Crippen molar-refractivity contribution in [2.24, 2.45) is 5.41 Å². The van der Waals surface area contributed by atoms with Crippen molar-refractivity contribution < 1.29 is 0 Å². The zero-order valence-electron chi connectivity index (χ0n) is 12.6. The Morgan fingerprint density at radius 2 is 2.16 bits per heavy atom. The van der Waals surface area contributed by atoms with Crippen LogP contribution >= 0.6 is 11.3 Å². The lowest BCUT2D eigenvalue weighted by atomic mass is 9.91. The molecular weight excluding hydrogens is 252 g/mol. The van der Waals surface area contributed by atoms with Crippen molar-refractivity contribution >= 4 is 11.3 Å². The van der Waals surface area contributed by atoms with Gasteiger partial charge in [-0.05, 0) is 31.1 Å². The van der Waals surface area contributed by atoms with E-state index in [1.807, 2.05) is 11.3 Å². The van der Waals surface area contributed by atoms with Gasteiger partial charge in [-0.1, -0.05) is 27.7 Å². The molecule has 106 valence electrons. The molecule has 0 saturated heterocycles. The van der Waals surface area contributed by atoms with Gasteiger partial charge in [0.1, 0.15) is 0 Å². The van der Waals surface area contributed by atoms with E-state index in [2.05, 4.69) is 33.0 Å². The molecular formula is C16H26N2S. The van der Waals surface area contributed by atoms with Crippen molar-refractivity contribution in [2.75, 3.05) is 6.54 Å². The van der Waals surface area contributed by atoms with Crippen LogP contribution in [-0.4, -0.2) is 17.6 Å². The van der Waals surface area contributed by atoms with Crippen molar-refractivity contribution in [3.8, 4) is 0 Å². The molecule has 1 fully saturated rings. The number of aryl methyl sites for hydroxylation is 1. The molecule has 1 saturated carbocycles. The quantitative estimate of drug-likeness (QED) is 0.898. The molecule has 0 amide bonds. The first-order valence-electron chi connectivity index (χ1n) is 7.70. The number of fused-ring (bicyclic) bond motifs is 1. The monoisotopic (exact) mass is 278 g/mol. The minimum absolute atomic E-state index is 0.506. The molecule has 1 N–H and O–H groups in total. The zero-order chi connectivity index (χ0) is 13.6. The van der Waals surface area contributed by atoms with E-state index < -0.39 is 0 Å². The van der Waals surface area contributed by atoms with Gasteiger partial charge in [0.25, 0.3) is 0 Å². The molecule has 3 heteroatoms. The standard InChI is InChI=1S/C16H26N2S/c1-10(2)17-9-11-6-5-7-13-14(11)18-15(19-13)12-8-16(12,3)4/h10-12,17H,5-9H2,1-4H3. The summed E-state index contributed by atoms with van der Waals surface area (Å²) in [5, 5.41) is 5.01. The van der Waals surface area contributed by atoms with E-state index in [1.165, 1.54) is 36.4 Å².